The smallest absolute Gasteiger partial charge is 0.234 e. The fourth-order valence-electron chi connectivity index (χ4n) is 1.59. The molecule has 19 heavy (non-hydrogen) atoms. The van der Waals surface area contributed by atoms with Crippen molar-refractivity contribution in [2.24, 2.45) is 0 Å². The van der Waals surface area contributed by atoms with Crippen LogP contribution in [-0.2, 0) is 11.3 Å². The van der Waals surface area contributed by atoms with E-state index in [1.807, 2.05) is 38.4 Å². The number of nitrogens with zero attached hydrogens (tertiary/aromatic N) is 1. The molecule has 0 aromatic heterocycles. The lowest BCUT2D eigenvalue weighted by Gasteiger charge is -2.10. The first-order chi connectivity index (χ1) is 9.08. The number of hydrogen-bond donors (Lipinski definition) is 2. The first-order valence-electron chi connectivity index (χ1n) is 6.44. The first kappa shape index (κ1) is 16.0. The van der Waals surface area contributed by atoms with E-state index >= 15 is 0 Å². The summed E-state index contributed by atoms with van der Waals surface area (Å²) in [4.78, 5) is 13.7. The first-order valence-corrected chi connectivity index (χ1v) is 6.82. The number of nitrogens with one attached hydrogen (secondary N) is 2. The van der Waals surface area contributed by atoms with Gasteiger partial charge in [0.1, 0.15) is 0 Å². The van der Waals surface area contributed by atoms with Crippen LogP contribution in [0.3, 0.4) is 0 Å². The average Bonchev–Trinajstić information content (AvgIpc) is 2.37. The summed E-state index contributed by atoms with van der Waals surface area (Å²) in [5.74, 6) is 0.0137. The van der Waals surface area contributed by atoms with Crippen LogP contribution in [0.4, 0.5) is 0 Å². The molecule has 0 spiro atoms. The van der Waals surface area contributed by atoms with Gasteiger partial charge in [0.15, 0.2) is 0 Å². The van der Waals surface area contributed by atoms with Crippen LogP contribution in [0.25, 0.3) is 0 Å². The van der Waals surface area contributed by atoms with Crippen molar-refractivity contribution >= 4 is 17.5 Å². The van der Waals surface area contributed by atoms with E-state index in [1.54, 1.807) is 0 Å². The molecule has 1 aromatic rings. The van der Waals surface area contributed by atoms with Crippen LogP contribution in [0.2, 0.25) is 5.02 Å². The summed E-state index contributed by atoms with van der Waals surface area (Å²) in [6, 6.07) is 7.46. The Kier molecular flexibility index (Phi) is 7.48. The summed E-state index contributed by atoms with van der Waals surface area (Å²) in [7, 11) is 4.08. The molecule has 0 saturated heterocycles. The second-order valence-electron chi connectivity index (χ2n) is 4.74. The Labute approximate surface area is 120 Å². The molecular weight excluding hydrogens is 262 g/mol. The zero-order chi connectivity index (χ0) is 14.1. The average molecular weight is 284 g/mol. The number of halogens is 1. The summed E-state index contributed by atoms with van der Waals surface area (Å²) >= 11 is 5.79. The lowest BCUT2D eigenvalue weighted by Crippen LogP contribution is -2.34. The molecule has 1 aromatic carbocycles. The van der Waals surface area contributed by atoms with Gasteiger partial charge in [0.25, 0.3) is 0 Å². The van der Waals surface area contributed by atoms with E-state index in [0.717, 1.165) is 25.1 Å². The van der Waals surface area contributed by atoms with Crippen LogP contribution in [0.1, 0.15) is 12.0 Å². The Morgan fingerprint density at radius 3 is 2.58 bits per heavy atom. The number of carbonyl (C=O) groups excluding carboxylic acids is 1. The third-order valence-electron chi connectivity index (χ3n) is 2.65. The quantitative estimate of drug-likeness (QED) is 0.711. The maximum Gasteiger partial charge on any atom is 0.234 e. The second kappa shape index (κ2) is 8.91. The van der Waals surface area contributed by atoms with Gasteiger partial charge in [-0.2, -0.15) is 0 Å². The van der Waals surface area contributed by atoms with Crippen LogP contribution >= 0.6 is 11.6 Å². The predicted octanol–water partition coefficient (Wildman–Crippen LogP) is 1.50. The summed E-state index contributed by atoms with van der Waals surface area (Å²) in [6.07, 6.45) is 1.04. The molecule has 0 unspecified atom stereocenters. The molecule has 0 fully saturated rings. The zero-order valence-corrected chi connectivity index (χ0v) is 12.3. The molecule has 1 amide bonds. The summed E-state index contributed by atoms with van der Waals surface area (Å²) in [5, 5.41) is 6.70. The molecular formula is C14H22ClN3O. The SMILES string of the molecule is CN(C)CCCNCC(=O)NCc1ccc(Cl)cc1. The molecule has 0 radical (unpaired) electrons. The van der Waals surface area contributed by atoms with Gasteiger partial charge in [0.05, 0.1) is 6.54 Å². The van der Waals surface area contributed by atoms with Gasteiger partial charge in [-0.1, -0.05) is 23.7 Å². The van der Waals surface area contributed by atoms with Crippen molar-refractivity contribution in [3.8, 4) is 0 Å². The molecule has 0 aliphatic heterocycles. The van der Waals surface area contributed by atoms with Gasteiger partial charge in [0, 0.05) is 11.6 Å². The van der Waals surface area contributed by atoms with E-state index < -0.39 is 0 Å². The van der Waals surface area contributed by atoms with Crippen molar-refractivity contribution in [2.45, 2.75) is 13.0 Å². The molecule has 0 bridgehead atoms. The van der Waals surface area contributed by atoms with Gasteiger partial charge < -0.3 is 15.5 Å². The maximum absolute atomic E-state index is 11.6. The van der Waals surface area contributed by atoms with Crippen molar-refractivity contribution in [1.29, 1.82) is 0 Å². The third-order valence-corrected chi connectivity index (χ3v) is 2.90. The van der Waals surface area contributed by atoms with E-state index in [1.165, 1.54) is 0 Å². The third kappa shape index (κ3) is 7.82. The number of hydrogen-bond acceptors (Lipinski definition) is 3. The van der Waals surface area contributed by atoms with E-state index in [2.05, 4.69) is 15.5 Å². The molecule has 0 heterocycles. The van der Waals surface area contributed by atoms with Gasteiger partial charge in [-0.15, -0.1) is 0 Å². The highest BCUT2D eigenvalue weighted by molar-refractivity contribution is 6.30. The fraction of sp³-hybridized carbons (Fsp3) is 0.500. The van der Waals surface area contributed by atoms with Crippen molar-refractivity contribution in [3.63, 3.8) is 0 Å². The van der Waals surface area contributed by atoms with E-state index in [4.69, 9.17) is 11.6 Å². The lowest BCUT2D eigenvalue weighted by molar-refractivity contribution is -0.120. The standard InChI is InChI=1S/C14H22ClN3O/c1-18(2)9-3-8-16-11-14(19)17-10-12-4-6-13(15)7-5-12/h4-7,16H,3,8-11H2,1-2H3,(H,17,19). The van der Waals surface area contributed by atoms with Crippen molar-refractivity contribution in [2.75, 3.05) is 33.7 Å². The highest BCUT2D eigenvalue weighted by Crippen LogP contribution is 2.08. The molecule has 0 aliphatic rings. The summed E-state index contributed by atoms with van der Waals surface area (Å²) < 4.78 is 0. The summed E-state index contributed by atoms with van der Waals surface area (Å²) in [6.45, 7) is 2.78. The number of benzene rings is 1. The Morgan fingerprint density at radius 2 is 1.95 bits per heavy atom. The largest absolute Gasteiger partial charge is 0.351 e. The fourth-order valence-corrected chi connectivity index (χ4v) is 1.71. The maximum atomic E-state index is 11.6. The monoisotopic (exact) mass is 283 g/mol. The second-order valence-corrected chi connectivity index (χ2v) is 5.17. The van der Waals surface area contributed by atoms with E-state index in [-0.39, 0.29) is 5.91 Å². The zero-order valence-electron chi connectivity index (χ0n) is 11.6. The lowest BCUT2D eigenvalue weighted by atomic mass is 10.2. The van der Waals surface area contributed by atoms with Crippen molar-refractivity contribution in [3.05, 3.63) is 34.9 Å². The minimum absolute atomic E-state index is 0.0137. The molecule has 2 N–H and O–H groups in total. The summed E-state index contributed by atoms with van der Waals surface area (Å²) in [5.41, 5.74) is 1.05. The van der Waals surface area contributed by atoms with E-state index in [0.29, 0.717) is 18.1 Å². The van der Waals surface area contributed by atoms with E-state index in [9.17, 15) is 4.79 Å². The number of rotatable bonds is 8. The predicted molar refractivity (Wildman–Crippen MR) is 79.3 cm³/mol. The van der Waals surface area contributed by atoms with Gasteiger partial charge in [0.2, 0.25) is 5.91 Å². The Hall–Kier alpha value is -1.10. The number of carbonyl (C=O) groups is 1. The van der Waals surface area contributed by atoms with Crippen LogP contribution in [0, 0.1) is 0 Å². The van der Waals surface area contributed by atoms with Crippen molar-refractivity contribution < 1.29 is 4.79 Å². The van der Waals surface area contributed by atoms with Crippen LogP contribution in [0.15, 0.2) is 24.3 Å². The van der Waals surface area contributed by atoms with Crippen LogP contribution < -0.4 is 10.6 Å². The van der Waals surface area contributed by atoms with Gasteiger partial charge >= 0.3 is 0 Å². The Morgan fingerprint density at radius 1 is 1.26 bits per heavy atom. The minimum atomic E-state index is 0.0137. The topological polar surface area (TPSA) is 44.4 Å². The van der Waals surface area contributed by atoms with Crippen LogP contribution in [0.5, 0.6) is 0 Å². The molecule has 4 nitrogen and oxygen atoms in total. The molecule has 1 rings (SSSR count). The van der Waals surface area contributed by atoms with Gasteiger partial charge in [-0.3, -0.25) is 4.79 Å². The molecule has 5 heteroatoms. The Bertz CT molecular complexity index is 379. The highest BCUT2D eigenvalue weighted by Gasteiger charge is 2.00. The van der Waals surface area contributed by atoms with Gasteiger partial charge in [-0.25, -0.2) is 0 Å². The molecule has 0 aliphatic carbocycles. The Balaban J connectivity index is 2.09. The molecule has 0 atom stereocenters. The molecule has 0 saturated carbocycles. The molecule has 106 valence electrons. The van der Waals surface area contributed by atoms with Crippen LogP contribution in [-0.4, -0.2) is 44.5 Å². The van der Waals surface area contributed by atoms with Crippen molar-refractivity contribution in [1.82, 2.24) is 15.5 Å². The minimum Gasteiger partial charge on any atom is -0.351 e. The number of amides is 1. The normalized spacial score (nSPS) is 10.7. The highest BCUT2D eigenvalue weighted by atomic mass is 35.5. The van der Waals surface area contributed by atoms with Gasteiger partial charge in [-0.05, 0) is 51.3 Å².